The number of carbonyl (C=O) groups excluding carboxylic acids is 2. The van der Waals surface area contributed by atoms with E-state index in [0.717, 1.165) is 0 Å². The van der Waals surface area contributed by atoms with Gasteiger partial charge in [-0.05, 0) is 59.7 Å². The maximum atomic E-state index is 12.2. The van der Waals surface area contributed by atoms with Crippen LogP contribution >= 0.6 is 0 Å². The van der Waals surface area contributed by atoms with Crippen LogP contribution in [-0.4, -0.2) is 34.3 Å². The van der Waals surface area contributed by atoms with E-state index in [4.69, 9.17) is 9.47 Å². The van der Waals surface area contributed by atoms with Gasteiger partial charge in [-0.1, -0.05) is 0 Å². The molecule has 0 saturated carbocycles. The second-order valence-corrected chi connectivity index (χ2v) is 7.58. The molecule has 2 N–H and O–H groups in total. The van der Waals surface area contributed by atoms with Gasteiger partial charge in [-0.2, -0.15) is 0 Å². The monoisotopic (exact) mass is 335 g/mol. The normalized spacial score (nSPS) is 22.1. The third-order valence-electron chi connectivity index (χ3n) is 3.82. The molecule has 0 saturated heterocycles. The standard InChI is InChI=1S/C18H25NO5/c1-10(20)11-7-8-13-12(9-11)14(15(21)18(5,6)23-13)19-16(22)24-17(2,3)4/h7-9,14-15,21H,1-6H3,(H,19,22)/t14-,15-/m0/s1. The van der Waals surface area contributed by atoms with Gasteiger partial charge >= 0.3 is 6.09 Å². The van der Waals surface area contributed by atoms with E-state index in [1.807, 2.05) is 0 Å². The molecule has 132 valence electrons. The molecule has 1 heterocycles. The topological polar surface area (TPSA) is 84.9 Å². The van der Waals surface area contributed by atoms with Gasteiger partial charge in [0.1, 0.15) is 23.1 Å². The lowest BCUT2D eigenvalue weighted by molar-refractivity contribution is -0.0653. The van der Waals surface area contributed by atoms with Gasteiger partial charge in [0.15, 0.2) is 5.78 Å². The van der Waals surface area contributed by atoms with E-state index in [9.17, 15) is 14.7 Å². The average molecular weight is 335 g/mol. The van der Waals surface area contributed by atoms with Crippen LogP contribution < -0.4 is 10.1 Å². The molecule has 1 aromatic rings. The number of ketones is 1. The van der Waals surface area contributed by atoms with Crippen LogP contribution in [0, 0.1) is 0 Å². The van der Waals surface area contributed by atoms with Crippen molar-refractivity contribution in [3.05, 3.63) is 29.3 Å². The summed E-state index contributed by atoms with van der Waals surface area (Å²) in [4.78, 5) is 23.8. The number of ether oxygens (including phenoxy) is 2. The number of amides is 1. The van der Waals surface area contributed by atoms with Crippen molar-refractivity contribution in [2.24, 2.45) is 0 Å². The minimum Gasteiger partial charge on any atom is -0.485 e. The van der Waals surface area contributed by atoms with Crippen LogP contribution in [0.2, 0.25) is 0 Å². The molecule has 6 heteroatoms. The maximum Gasteiger partial charge on any atom is 0.408 e. The predicted molar refractivity (Wildman–Crippen MR) is 89.3 cm³/mol. The fourth-order valence-electron chi connectivity index (χ4n) is 2.61. The van der Waals surface area contributed by atoms with Crippen LogP contribution in [0.4, 0.5) is 4.79 Å². The van der Waals surface area contributed by atoms with E-state index in [-0.39, 0.29) is 5.78 Å². The number of nitrogens with one attached hydrogen (secondary N) is 1. The molecule has 1 aliphatic heterocycles. The van der Waals surface area contributed by atoms with Crippen molar-refractivity contribution in [3.8, 4) is 5.75 Å². The Bertz CT molecular complexity index is 660. The quantitative estimate of drug-likeness (QED) is 0.812. The Balaban J connectivity index is 2.39. The minimum absolute atomic E-state index is 0.104. The molecule has 6 nitrogen and oxygen atoms in total. The first-order valence-electron chi connectivity index (χ1n) is 7.92. The van der Waals surface area contributed by atoms with Crippen molar-refractivity contribution in [3.63, 3.8) is 0 Å². The van der Waals surface area contributed by atoms with Gasteiger partial charge in [-0.3, -0.25) is 4.79 Å². The number of rotatable bonds is 2. The van der Waals surface area contributed by atoms with Crippen molar-refractivity contribution in [2.75, 3.05) is 0 Å². The zero-order valence-electron chi connectivity index (χ0n) is 15.0. The molecular formula is C18H25NO5. The van der Waals surface area contributed by atoms with Gasteiger partial charge in [0.2, 0.25) is 0 Å². The summed E-state index contributed by atoms with van der Waals surface area (Å²) in [6.45, 7) is 10.2. The van der Waals surface area contributed by atoms with Gasteiger partial charge in [0, 0.05) is 11.1 Å². The zero-order valence-corrected chi connectivity index (χ0v) is 15.0. The SMILES string of the molecule is CC(=O)c1ccc2c(c1)[C@H](NC(=O)OC(C)(C)C)[C@H](O)C(C)(C)O2. The number of alkyl carbamates (subject to hydrolysis) is 1. The summed E-state index contributed by atoms with van der Waals surface area (Å²) in [5, 5.41) is 13.3. The van der Waals surface area contributed by atoms with Crippen LogP contribution in [-0.2, 0) is 4.74 Å². The third-order valence-corrected chi connectivity index (χ3v) is 3.82. The van der Waals surface area contributed by atoms with Crippen molar-refractivity contribution in [1.29, 1.82) is 0 Å². The van der Waals surface area contributed by atoms with E-state index in [1.165, 1.54) is 6.92 Å². The number of fused-ring (bicyclic) bond motifs is 1. The summed E-state index contributed by atoms with van der Waals surface area (Å²) >= 11 is 0. The van der Waals surface area contributed by atoms with E-state index in [2.05, 4.69) is 5.32 Å². The molecule has 0 aromatic heterocycles. The molecule has 0 fully saturated rings. The highest BCUT2D eigenvalue weighted by Crippen LogP contribution is 2.40. The third kappa shape index (κ3) is 3.87. The molecule has 0 unspecified atom stereocenters. The Hall–Kier alpha value is -2.08. The lowest BCUT2D eigenvalue weighted by Gasteiger charge is -2.42. The molecule has 2 rings (SSSR count). The fraction of sp³-hybridized carbons (Fsp3) is 0.556. The molecule has 1 amide bonds. The largest absolute Gasteiger partial charge is 0.485 e. The zero-order chi connectivity index (χ0) is 18.3. The van der Waals surface area contributed by atoms with E-state index < -0.39 is 29.4 Å². The van der Waals surface area contributed by atoms with Crippen LogP contribution in [0.5, 0.6) is 5.75 Å². The predicted octanol–water partition coefficient (Wildman–Crippen LogP) is 2.99. The number of carbonyl (C=O) groups is 2. The summed E-state index contributed by atoms with van der Waals surface area (Å²) in [5.74, 6) is 0.421. The summed E-state index contributed by atoms with van der Waals surface area (Å²) in [6, 6.07) is 4.25. The van der Waals surface area contributed by atoms with Gasteiger partial charge in [0.25, 0.3) is 0 Å². The van der Waals surface area contributed by atoms with E-state index >= 15 is 0 Å². The Morgan fingerprint density at radius 1 is 1.29 bits per heavy atom. The Kier molecular flexibility index (Phi) is 4.63. The highest BCUT2D eigenvalue weighted by atomic mass is 16.6. The van der Waals surface area contributed by atoms with Crippen molar-refractivity contribution in [2.45, 2.75) is 64.9 Å². The first kappa shape index (κ1) is 18.3. The van der Waals surface area contributed by atoms with Gasteiger partial charge in [0.05, 0.1) is 6.04 Å². The van der Waals surface area contributed by atoms with Gasteiger partial charge < -0.3 is 19.9 Å². The lowest BCUT2D eigenvalue weighted by atomic mass is 9.85. The Morgan fingerprint density at radius 3 is 2.46 bits per heavy atom. The van der Waals surface area contributed by atoms with Crippen molar-refractivity contribution in [1.82, 2.24) is 5.32 Å². The fourth-order valence-corrected chi connectivity index (χ4v) is 2.61. The first-order chi connectivity index (χ1) is 10.9. The van der Waals surface area contributed by atoms with Crippen LogP contribution in [0.25, 0.3) is 0 Å². The van der Waals surface area contributed by atoms with Gasteiger partial charge in [-0.15, -0.1) is 0 Å². The lowest BCUT2D eigenvalue weighted by Crippen LogP contribution is -2.54. The molecule has 24 heavy (non-hydrogen) atoms. The number of hydrogen-bond donors (Lipinski definition) is 2. The highest BCUT2D eigenvalue weighted by molar-refractivity contribution is 5.94. The van der Waals surface area contributed by atoms with Crippen molar-refractivity contribution >= 4 is 11.9 Å². The molecule has 0 radical (unpaired) electrons. The van der Waals surface area contributed by atoms with Crippen LogP contribution in [0.3, 0.4) is 0 Å². The Labute approximate surface area is 142 Å². The molecule has 1 aromatic carbocycles. The molecular weight excluding hydrogens is 310 g/mol. The number of Topliss-reactive ketones (excluding diaryl/α,β-unsaturated/α-hetero) is 1. The van der Waals surface area contributed by atoms with Crippen LogP contribution in [0.1, 0.15) is 63.5 Å². The molecule has 1 aliphatic rings. The number of aliphatic hydroxyl groups is 1. The minimum atomic E-state index is -1.00. The number of benzene rings is 1. The smallest absolute Gasteiger partial charge is 0.408 e. The molecule has 0 bridgehead atoms. The van der Waals surface area contributed by atoms with Crippen molar-refractivity contribution < 1.29 is 24.2 Å². The second-order valence-electron chi connectivity index (χ2n) is 7.58. The average Bonchev–Trinajstić information content (AvgIpc) is 2.41. The molecule has 0 aliphatic carbocycles. The summed E-state index contributed by atoms with van der Waals surface area (Å²) in [7, 11) is 0. The number of aliphatic hydroxyl groups excluding tert-OH is 1. The highest BCUT2D eigenvalue weighted by Gasteiger charge is 2.44. The summed E-state index contributed by atoms with van der Waals surface area (Å²) in [5.41, 5.74) is -0.509. The van der Waals surface area contributed by atoms with E-state index in [0.29, 0.717) is 16.9 Å². The second kappa shape index (κ2) is 6.09. The van der Waals surface area contributed by atoms with Crippen LogP contribution in [0.15, 0.2) is 18.2 Å². The first-order valence-corrected chi connectivity index (χ1v) is 7.92. The number of hydrogen-bond acceptors (Lipinski definition) is 5. The molecule has 2 atom stereocenters. The van der Waals surface area contributed by atoms with Gasteiger partial charge in [-0.25, -0.2) is 4.79 Å². The van der Waals surface area contributed by atoms with E-state index in [1.54, 1.807) is 52.8 Å². The maximum absolute atomic E-state index is 12.2. The molecule has 0 spiro atoms. The summed E-state index contributed by atoms with van der Waals surface area (Å²) < 4.78 is 11.1. The summed E-state index contributed by atoms with van der Waals surface area (Å²) in [6.07, 6.45) is -1.64. The Morgan fingerprint density at radius 2 is 1.92 bits per heavy atom.